The topological polar surface area (TPSA) is 74.3 Å². The van der Waals surface area contributed by atoms with Gasteiger partial charge in [-0.2, -0.15) is 0 Å². The predicted molar refractivity (Wildman–Crippen MR) is 81.4 cm³/mol. The van der Waals surface area contributed by atoms with Gasteiger partial charge in [-0.25, -0.2) is 19.6 Å². The average molecular weight is 291 g/mol. The number of imidazole rings is 1. The molecule has 0 fully saturated rings. The number of fused-ring (bicyclic) bond motifs is 1. The molecule has 22 heavy (non-hydrogen) atoms. The SMILES string of the molecule is Cc1ncc(-c2nccn2-c2cccc3c2nnn3C)cn1. The Kier molecular flexibility index (Phi) is 2.72. The minimum absolute atomic E-state index is 0.734. The largest absolute Gasteiger partial charge is 0.297 e. The molecule has 3 aromatic heterocycles. The quantitative estimate of drug-likeness (QED) is 0.564. The Balaban J connectivity index is 1.93. The zero-order chi connectivity index (χ0) is 15.1. The summed E-state index contributed by atoms with van der Waals surface area (Å²) in [5.74, 6) is 1.51. The molecule has 7 nitrogen and oxygen atoms in total. The molecule has 0 N–H and O–H groups in total. The van der Waals surface area contributed by atoms with Crippen molar-refractivity contribution < 1.29 is 0 Å². The van der Waals surface area contributed by atoms with Crippen molar-refractivity contribution in [1.82, 2.24) is 34.5 Å². The number of aromatic nitrogens is 7. The smallest absolute Gasteiger partial charge is 0.147 e. The molecule has 0 aliphatic heterocycles. The Morgan fingerprint density at radius 3 is 2.68 bits per heavy atom. The number of hydrogen-bond acceptors (Lipinski definition) is 5. The lowest BCUT2D eigenvalue weighted by molar-refractivity contribution is 0.736. The van der Waals surface area contributed by atoms with Gasteiger partial charge in [-0.05, 0) is 19.1 Å². The van der Waals surface area contributed by atoms with Gasteiger partial charge in [-0.1, -0.05) is 11.3 Å². The van der Waals surface area contributed by atoms with Crippen molar-refractivity contribution >= 4 is 11.0 Å². The van der Waals surface area contributed by atoms with E-state index in [1.165, 1.54) is 0 Å². The van der Waals surface area contributed by atoms with Crippen LogP contribution in [0.4, 0.5) is 0 Å². The zero-order valence-electron chi connectivity index (χ0n) is 12.2. The fourth-order valence-corrected chi connectivity index (χ4v) is 2.46. The highest BCUT2D eigenvalue weighted by molar-refractivity contribution is 5.84. The molecule has 7 heteroatoms. The highest BCUT2D eigenvalue weighted by Crippen LogP contribution is 2.25. The van der Waals surface area contributed by atoms with Crippen molar-refractivity contribution in [2.24, 2.45) is 7.05 Å². The maximum Gasteiger partial charge on any atom is 0.147 e. The third-order valence-electron chi connectivity index (χ3n) is 3.56. The van der Waals surface area contributed by atoms with Crippen LogP contribution in [-0.4, -0.2) is 34.5 Å². The van der Waals surface area contributed by atoms with Gasteiger partial charge in [0.25, 0.3) is 0 Å². The highest BCUT2D eigenvalue weighted by Gasteiger charge is 2.13. The number of hydrogen-bond donors (Lipinski definition) is 0. The van der Waals surface area contributed by atoms with E-state index in [9.17, 15) is 0 Å². The number of rotatable bonds is 2. The lowest BCUT2D eigenvalue weighted by Crippen LogP contribution is -1.99. The van der Waals surface area contributed by atoms with Crippen LogP contribution in [0.25, 0.3) is 28.1 Å². The Morgan fingerprint density at radius 1 is 1.05 bits per heavy atom. The molecule has 0 atom stereocenters. The van der Waals surface area contributed by atoms with E-state index in [1.807, 2.05) is 42.9 Å². The number of aryl methyl sites for hydroxylation is 2. The van der Waals surface area contributed by atoms with Gasteiger partial charge < -0.3 is 0 Å². The number of benzene rings is 1. The van der Waals surface area contributed by atoms with Gasteiger partial charge in [-0.3, -0.25) is 4.57 Å². The summed E-state index contributed by atoms with van der Waals surface area (Å²) < 4.78 is 3.73. The maximum atomic E-state index is 4.43. The predicted octanol–water partition coefficient (Wildman–Crippen LogP) is 1.92. The van der Waals surface area contributed by atoms with Gasteiger partial charge in [0.2, 0.25) is 0 Å². The van der Waals surface area contributed by atoms with Gasteiger partial charge in [0, 0.05) is 31.8 Å². The van der Waals surface area contributed by atoms with Crippen molar-refractivity contribution in [3.8, 4) is 17.1 Å². The van der Waals surface area contributed by atoms with Gasteiger partial charge in [0.15, 0.2) is 0 Å². The standard InChI is InChI=1S/C15H13N7/c1-10-17-8-11(9-18-10)15-16-6-7-22(15)13-5-3-4-12-14(13)19-20-21(12)2/h3-9H,1-2H3. The minimum Gasteiger partial charge on any atom is -0.297 e. The molecule has 4 rings (SSSR count). The van der Waals surface area contributed by atoms with Gasteiger partial charge in [-0.15, -0.1) is 5.10 Å². The average Bonchev–Trinajstić information content (AvgIpc) is 3.15. The first-order chi connectivity index (χ1) is 10.7. The van der Waals surface area contributed by atoms with E-state index in [4.69, 9.17) is 0 Å². The molecule has 0 saturated carbocycles. The van der Waals surface area contributed by atoms with Crippen LogP contribution in [0.2, 0.25) is 0 Å². The maximum absolute atomic E-state index is 4.43. The van der Waals surface area contributed by atoms with E-state index in [2.05, 4.69) is 25.3 Å². The van der Waals surface area contributed by atoms with E-state index < -0.39 is 0 Å². The normalized spacial score (nSPS) is 11.2. The Hall–Kier alpha value is -3.09. The van der Waals surface area contributed by atoms with Crippen LogP contribution >= 0.6 is 0 Å². The molecule has 4 aromatic rings. The van der Waals surface area contributed by atoms with Crippen molar-refractivity contribution in [2.45, 2.75) is 6.92 Å². The summed E-state index contributed by atoms with van der Waals surface area (Å²) in [7, 11) is 1.88. The fourth-order valence-electron chi connectivity index (χ4n) is 2.46. The molecule has 0 radical (unpaired) electrons. The van der Waals surface area contributed by atoms with Crippen LogP contribution in [0.15, 0.2) is 43.0 Å². The molecular formula is C15H13N7. The second-order valence-electron chi connectivity index (χ2n) is 5.00. The first-order valence-electron chi connectivity index (χ1n) is 6.85. The van der Waals surface area contributed by atoms with Crippen molar-refractivity contribution in [3.05, 3.63) is 48.8 Å². The third-order valence-corrected chi connectivity index (χ3v) is 3.56. The second-order valence-corrected chi connectivity index (χ2v) is 5.00. The monoisotopic (exact) mass is 291 g/mol. The molecule has 0 aliphatic rings. The van der Waals surface area contributed by atoms with Crippen molar-refractivity contribution in [3.63, 3.8) is 0 Å². The number of nitrogens with zero attached hydrogens (tertiary/aromatic N) is 7. The van der Waals surface area contributed by atoms with E-state index in [0.29, 0.717) is 0 Å². The lowest BCUT2D eigenvalue weighted by atomic mass is 10.2. The summed E-state index contributed by atoms with van der Waals surface area (Å²) >= 11 is 0. The summed E-state index contributed by atoms with van der Waals surface area (Å²) in [5, 5.41) is 8.34. The van der Waals surface area contributed by atoms with Gasteiger partial charge in [0.05, 0.1) is 16.8 Å². The first-order valence-corrected chi connectivity index (χ1v) is 6.85. The molecule has 0 amide bonds. The molecule has 1 aromatic carbocycles. The van der Waals surface area contributed by atoms with Crippen molar-refractivity contribution in [1.29, 1.82) is 0 Å². The fraction of sp³-hybridized carbons (Fsp3) is 0.133. The Bertz CT molecular complexity index is 950. The Labute approximate surface area is 126 Å². The highest BCUT2D eigenvalue weighted by atomic mass is 15.4. The van der Waals surface area contributed by atoms with Gasteiger partial charge >= 0.3 is 0 Å². The van der Waals surface area contributed by atoms with E-state index in [-0.39, 0.29) is 0 Å². The molecule has 3 heterocycles. The summed E-state index contributed by atoms with van der Waals surface area (Å²) in [6.07, 6.45) is 7.21. The first kappa shape index (κ1) is 12.6. The van der Waals surface area contributed by atoms with Crippen LogP contribution in [0, 0.1) is 6.92 Å². The molecule has 0 aliphatic carbocycles. The molecule has 0 bridgehead atoms. The zero-order valence-corrected chi connectivity index (χ0v) is 12.2. The molecule has 108 valence electrons. The second kappa shape index (κ2) is 4.73. The molecular weight excluding hydrogens is 278 g/mol. The third kappa shape index (κ3) is 1.86. The van der Waals surface area contributed by atoms with E-state index in [1.54, 1.807) is 23.3 Å². The Morgan fingerprint density at radius 2 is 1.86 bits per heavy atom. The molecule has 0 spiro atoms. The van der Waals surface area contributed by atoms with Crippen LogP contribution in [0.3, 0.4) is 0 Å². The summed E-state index contributed by atoms with van der Waals surface area (Å²) in [5.41, 5.74) is 3.59. The summed E-state index contributed by atoms with van der Waals surface area (Å²) in [4.78, 5) is 12.9. The summed E-state index contributed by atoms with van der Waals surface area (Å²) in [6, 6.07) is 5.97. The van der Waals surface area contributed by atoms with Crippen LogP contribution in [0.1, 0.15) is 5.82 Å². The lowest BCUT2D eigenvalue weighted by Gasteiger charge is -2.08. The van der Waals surface area contributed by atoms with Crippen LogP contribution in [0.5, 0.6) is 0 Å². The minimum atomic E-state index is 0.734. The molecule has 0 unspecified atom stereocenters. The van der Waals surface area contributed by atoms with Gasteiger partial charge in [0.1, 0.15) is 17.2 Å². The van der Waals surface area contributed by atoms with E-state index in [0.717, 1.165) is 33.9 Å². The van der Waals surface area contributed by atoms with E-state index >= 15 is 0 Å². The summed E-state index contributed by atoms with van der Waals surface area (Å²) in [6.45, 7) is 1.86. The van der Waals surface area contributed by atoms with Crippen molar-refractivity contribution in [2.75, 3.05) is 0 Å². The molecule has 0 saturated heterocycles. The van der Waals surface area contributed by atoms with Crippen LogP contribution in [-0.2, 0) is 7.05 Å². The van der Waals surface area contributed by atoms with Crippen LogP contribution < -0.4 is 0 Å².